The summed E-state index contributed by atoms with van der Waals surface area (Å²) in [5.74, 6) is -7.31. The zero-order valence-corrected chi connectivity index (χ0v) is 72.4. The van der Waals surface area contributed by atoms with Gasteiger partial charge in [0.1, 0.15) is 9.79 Å². The molecular weight excluding hydrogens is 1550 g/mol. The maximum absolute atomic E-state index is 13.9. The number of carbonyl (C=O) groups excluding carboxylic acids is 6. The van der Waals surface area contributed by atoms with Gasteiger partial charge in [-0.15, -0.1) is 0 Å². The van der Waals surface area contributed by atoms with Crippen molar-refractivity contribution < 1.29 is 178 Å². The number of piperidine rings is 2. The number of nitrogens with one attached hydrogen (secondary N) is 4. The summed E-state index contributed by atoms with van der Waals surface area (Å²) >= 11 is 0. The third-order valence-corrected chi connectivity index (χ3v) is 25.3. The molecule has 4 heterocycles. The molecule has 2 saturated carbocycles. The van der Waals surface area contributed by atoms with Gasteiger partial charge in [0.2, 0.25) is 20.0 Å². The third-order valence-electron chi connectivity index (χ3n) is 21.3. The number of pyridine rings is 2. The summed E-state index contributed by atoms with van der Waals surface area (Å²) in [6, 6.07) is 40.4. The van der Waals surface area contributed by atoms with E-state index in [9.17, 15) is 75.6 Å². The molecular formula is C84H92K2N10O16S2. The van der Waals surface area contributed by atoms with Crippen LogP contribution in [0.3, 0.4) is 0 Å². The second-order valence-corrected chi connectivity index (χ2v) is 32.4. The van der Waals surface area contributed by atoms with E-state index in [-0.39, 0.29) is 182 Å². The number of carboxylic acids is 4. The molecule has 2 aliphatic carbocycles. The first-order valence-corrected chi connectivity index (χ1v) is 40.9. The van der Waals surface area contributed by atoms with Crippen molar-refractivity contribution in [3.05, 3.63) is 226 Å². The van der Waals surface area contributed by atoms with Crippen molar-refractivity contribution in [2.45, 2.75) is 151 Å². The van der Waals surface area contributed by atoms with Gasteiger partial charge in [0.05, 0.1) is 57.4 Å². The number of amides is 4. The Morgan fingerprint density at radius 3 is 1.02 bits per heavy atom. The molecule has 8 aromatic rings. The number of benzene rings is 6. The number of aromatic nitrogens is 2. The summed E-state index contributed by atoms with van der Waals surface area (Å²) in [4.78, 5) is 113. The van der Waals surface area contributed by atoms with Crippen LogP contribution < -0.4 is 144 Å². The van der Waals surface area contributed by atoms with Gasteiger partial charge in [-0.3, -0.25) is 38.7 Å². The van der Waals surface area contributed by atoms with E-state index in [1.807, 2.05) is 36.4 Å². The molecule has 12 rings (SSSR count). The number of sulfonamides is 2. The topological polar surface area (TPSA) is 378 Å². The van der Waals surface area contributed by atoms with Crippen LogP contribution in [0.4, 0.5) is 34.1 Å². The molecule has 4 fully saturated rings. The monoisotopic (exact) mass is 1640 g/mol. The van der Waals surface area contributed by atoms with Crippen LogP contribution in [0.1, 0.15) is 188 Å². The largest absolute Gasteiger partial charge is 1.00 e. The van der Waals surface area contributed by atoms with Gasteiger partial charge in [0.15, 0.2) is 0 Å². The molecule has 588 valence electrons. The Labute approximate surface area is 749 Å². The van der Waals surface area contributed by atoms with Crippen molar-refractivity contribution in [1.82, 2.24) is 18.6 Å². The van der Waals surface area contributed by atoms with Crippen molar-refractivity contribution in [2.75, 3.05) is 70.3 Å². The number of nitrogens with zero attached hydrogens (tertiary/aromatic N) is 6. The smallest absolute Gasteiger partial charge is 0.545 e. The summed E-state index contributed by atoms with van der Waals surface area (Å²) in [5, 5.41) is 52.4. The van der Waals surface area contributed by atoms with E-state index >= 15 is 0 Å². The average Bonchev–Trinajstić information content (AvgIpc) is 0.803. The predicted molar refractivity (Wildman–Crippen MR) is 420 cm³/mol. The number of hydrogen-bond acceptors (Lipinski definition) is 18. The van der Waals surface area contributed by atoms with Crippen LogP contribution in [-0.2, 0) is 55.3 Å². The van der Waals surface area contributed by atoms with E-state index in [1.54, 1.807) is 86.6 Å². The van der Waals surface area contributed by atoms with Crippen molar-refractivity contribution >= 4 is 102 Å². The quantitative estimate of drug-likeness (QED) is 0.0360. The molecule has 2 saturated heterocycles. The maximum Gasteiger partial charge on any atom is 1.00 e. The van der Waals surface area contributed by atoms with Gasteiger partial charge in [-0.1, -0.05) is 86.6 Å². The van der Waals surface area contributed by atoms with Crippen LogP contribution in [0.2, 0.25) is 0 Å². The van der Waals surface area contributed by atoms with Crippen LogP contribution in [-0.4, -0.2) is 144 Å². The number of aromatic carboxylic acids is 2. The first-order chi connectivity index (χ1) is 53.8. The summed E-state index contributed by atoms with van der Waals surface area (Å²) in [6.07, 6.45) is 17.4. The Morgan fingerprint density at radius 2 is 0.719 bits per heavy atom. The van der Waals surface area contributed by atoms with Gasteiger partial charge >= 0.3 is 115 Å². The number of aryl methyl sites for hydroxylation is 4. The molecule has 26 nitrogen and oxygen atoms in total. The van der Waals surface area contributed by atoms with Gasteiger partial charge in [-0.2, -0.15) is 8.61 Å². The normalized spacial score (nSPS) is 17.0. The zero-order chi connectivity index (χ0) is 79.6. The Bertz CT molecular complexity index is 4650. The molecule has 114 heavy (non-hydrogen) atoms. The van der Waals surface area contributed by atoms with E-state index in [0.717, 1.165) is 98.3 Å². The van der Waals surface area contributed by atoms with Gasteiger partial charge in [0.25, 0.3) is 23.6 Å². The van der Waals surface area contributed by atoms with E-state index in [4.69, 9.17) is 0 Å². The van der Waals surface area contributed by atoms with Gasteiger partial charge in [-0.05, 0) is 222 Å². The third kappa shape index (κ3) is 23.7. The number of aliphatic carboxylic acids is 2. The van der Waals surface area contributed by atoms with E-state index < -0.39 is 79.4 Å². The van der Waals surface area contributed by atoms with Crippen molar-refractivity contribution in [1.29, 1.82) is 0 Å². The van der Waals surface area contributed by atoms with Crippen molar-refractivity contribution in [3.63, 3.8) is 0 Å². The van der Waals surface area contributed by atoms with Gasteiger partial charge < -0.3 is 61.1 Å². The summed E-state index contributed by atoms with van der Waals surface area (Å²) in [7, 11) is -8.13. The maximum atomic E-state index is 13.9. The molecule has 2 aromatic heterocycles. The minimum atomic E-state index is -4.07. The number of hydrogen-bond donors (Lipinski definition) is 6. The predicted octanol–water partition coefficient (Wildman–Crippen LogP) is 4.77. The Kier molecular flexibility index (Phi) is 33.4. The SMILES string of the molecule is CCN(C1CCC(C(=O)O)CC1)S(=O)(=O)c1cncc(C(=O)Nc2ccc(N3CCCCC3)cc2C(=O)Nc2ccc(CCc3ccc(C(=O)[O-])cc3)cc2)c1.CCN(C1CCC(C(=O)O)CC1)S(=O)(=O)c1cncc(C(=O)Nc2ccc(N3CCCCC3)cc2C(=O)Nc2ccc(CCc3ccc(C(=O)[O-])cc3)cc2)c1.[K+].[K+]. The number of rotatable bonds is 28. The molecule has 30 heteroatoms. The average molecular weight is 1640 g/mol. The zero-order valence-electron chi connectivity index (χ0n) is 64.6. The summed E-state index contributed by atoms with van der Waals surface area (Å²) in [5.41, 5.74) is 8.03. The molecule has 0 bridgehead atoms. The molecule has 0 unspecified atom stereocenters. The number of anilines is 6. The molecule has 0 atom stereocenters. The fourth-order valence-electron chi connectivity index (χ4n) is 15.0. The standard InChI is InChI=1S/2C42H47N5O8S.2K/c2*1-2-47(34-18-14-31(15-19-34)42(52)53)56(54,55)36-24-32(26-43-27-36)39(48)45-38-21-20-35(46-22-4-3-5-23-46)25-37(38)40(49)44-33-16-10-29(11-17-33)7-6-28-8-12-30(13-9-28)41(50)51;;/h2*8-13,16-17,20-21,24-27,31,34H,2-7,14-15,18-19,22-23H2,1H3,(H,44,49)(H,45,48)(H,50,51)(H,52,53);;/q;;2*+1/p-2. The molecule has 6 aromatic carbocycles. The van der Waals surface area contributed by atoms with Gasteiger partial charge in [0, 0.05) is 98.9 Å². The van der Waals surface area contributed by atoms with E-state index in [0.29, 0.717) is 88.4 Å². The first-order valence-electron chi connectivity index (χ1n) is 38.1. The molecule has 0 spiro atoms. The molecule has 6 N–H and O–H groups in total. The Hall–Kier alpha value is -7.93. The minimum absolute atomic E-state index is 0. The first kappa shape index (κ1) is 90.0. The van der Waals surface area contributed by atoms with Crippen molar-refractivity contribution in [3.8, 4) is 0 Å². The fraction of sp³-hybridized carbons (Fsp3) is 0.357. The Morgan fingerprint density at radius 1 is 0.404 bits per heavy atom. The summed E-state index contributed by atoms with van der Waals surface area (Å²) in [6.45, 7) is 7.18. The fourth-order valence-corrected chi connectivity index (χ4v) is 18.3. The van der Waals surface area contributed by atoms with Gasteiger partial charge in [-0.25, -0.2) is 16.8 Å². The molecule has 0 radical (unpaired) electrons. The van der Waals surface area contributed by atoms with E-state index in [1.165, 1.54) is 69.8 Å². The molecule has 4 aliphatic rings. The minimum Gasteiger partial charge on any atom is -0.545 e. The second-order valence-electron chi connectivity index (χ2n) is 28.7. The van der Waals surface area contributed by atoms with Crippen LogP contribution in [0.5, 0.6) is 0 Å². The van der Waals surface area contributed by atoms with Crippen molar-refractivity contribution in [2.24, 2.45) is 11.8 Å². The molecule has 2 aliphatic heterocycles. The summed E-state index contributed by atoms with van der Waals surface area (Å²) < 4.78 is 58.0. The molecule has 4 amide bonds. The number of carbonyl (C=O) groups is 8. The Balaban J connectivity index is 0.000000257. The van der Waals surface area contributed by atoms with Crippen LogP contribution in [0, 0.1) is 11.8 Å². The number of carboxylic acid groups (broad SMARTS) is 4. The van der Waals surface area contributed by atoms with Crippen LogP contribution in [0.15, 0.2) is 180 Å². The van der Waals surface area contributed by atoms with Crippen LogP contribution >= 0.6 is 0 Å². The second kappa shape index (κ2) is 42.3. The van der Waals surface area contributed by atoms with E-state index in [2.05, 4.69) is 41.0 Å². The van der Waals surface area contributed by atoms with Crippen LogP contribution in [0.25, 0.3) is 0 Å².